The van der Waals surface area contributed by atoms with Crippen molar-refractivity contribution in [1.82, 2.24) is 4.98 Å². The quantitative estimate of drug-likeness (QED) is 0.844. The summed E-state index contributed by atoms with van der Waals surface area (Å²) in [4.78, 5) is 3.93. The molecule has 104 valence electrons. The molecule has 0 amide bonds. The summed E-state index contributed by atoms with van der Waals surface area (Å²) in [5.41, 5.74) is 1.79. The summed E-state index contributed by atoms with van der Waals surface area (Å²) >= 11 is 4.15. The fraction of sp³-hybridized carbons (Fsp3) is 0.133. The molecule has 2 rings (SSSR count). The first kappa shape index (κ1) is 14.9. The zero-order valence-electron chi connectivity index (χ0n) is 10.9. The average Bonchev–Trinajstić information content (AvgIpc) is 2.53. The molecule has 0 fully saturated rings. The lowest BCUT2D eigenvalue weighted by Crippen LogP contribution is -2.01. The minimum Gasteiger partial charge on any atom is -0.491 e. The van der Waals surface area contributed by atoms with Gasteiger partial charge in [0.25, 0.3) is 0 Å². The summed E-state index contributed by atoms with van der Waals surface area (Å²) in [6, 6.07) is 11.0. The number of hydrogen-bond acceptors (Lipinski definition) is 6. The van der Waals surface area contributed by atoms with E-state index >= 15 is 0 Å². The van der Waals surface area contributed by atoms with Crippen molar-refractivity contribution in [3.8, 4) is 29.0 Å². The first-order valence-corrected chi connectivity index (χ1v) is 6.52. The normalized spacial score (nSPS) is 9.71. The zero-order chi connectivity index (χ0) is 15.2. The number of rotatable bonds is 4. The van der Waals surface area contributed by atoms with Gasteiger partial charge in [-0.1, -0.05) is 12.1 Å². The van der Waals surface area contributed by atoms with E-state index in [0.29, 0.717) is 22.4 Å². The summed E-state index contributed by atoms with van der Waals surface area (Å²) in [5, 5.41) is 27.4. The van der Waals surface area contributed by atoms with Gasteiger partial charge in [-0.15, -0.1) is 12.6 Å². The van der Waals surface area contributed by atoms with Gasteiger partial charge in [-0.25, -0.2) is 4.98 Å². The second kappa shape index (κ2) is 6.76. The molecule has 6 heteroatoms. The Bertz CT molecular complexity index is 730. The van der Waals surface area contributed by atoms with Crippen LogP contribution in [-0.2, 0) is 0 Å². The molecule has 1 aromatic heterocycles. The first-order chi connectivity index (χ1) is 10.2. The van der Waals surface area contributed by atoms with E-state index in [1.54, 1.807) is 24.3 Å². The predicted octanol–water partition coefficient (Wildman–Crippen LogP) is 2.15. The topological polar surface area (TPSA) is 89.9 Å². The molecule has 1 N–H and O–H groups in total. The van der Waals surface area contributed by atoms with Crippen LogP contribution >= 0.6 is 12.6 Å². The van der Waals surface area contributed by atoms with Crippen LogP contribution in [0.15, 0.2) is 35.5 Å². The van der Waals surface area contributed by atoms with E-state index in [0.717, 1.165) is 0 Å². The third-order valence-electron chi connectivity index (χ3n) is 2.79. The molecule has 0 saturated heterocycles. The zero-order valence-corrected chi connectivity index (χ0v) is 11.8. The van der Waals surface area contributed by atoms with Crippen molar-refractivity contribution in [2.24, 2.45) is 0 Å². The largest absolute Gasteiger partial charge is 0.491 e. The summed E-state index contributed by atoms with van der Waals surface area (Å²) in [7, 11) is 0. The van der Waals surface area contributed by atoms with E-state index < -0.39 is 0 Å². The Kier molecular flexibility index (Phi) is 4.78. The molecule has 0 aliphatic carbocycles. The van der Waals surface area contributed by atoms with Crippen molar-refractivity contribution in [2.75, 3.05) is 13.2 Å². The summed E-state index contributed by atoms with van der Waals surface area (Å²) < 4.78 is 5.28. The van der Waals surface area contributed by atoms with Crippen molar-refractivity contribution in [3.05, 3.63) is 41.6 Å². The van der Waals surface area contributed by atoms with Crippen LogP contribution in [0.3, 0.4) is 0 Å². The molecule has 0 aliphatic heterocycles. The molecule has 1 heterocycles. The van der Waals surface area contributed by atoms with Gasteiger partial charge in [-0.3, -0.25) is 0 Å². The standard InChI is InChI=1S/C15H11N3O2S/c16-7-11-9-18-15(21)13(8-17)14(11)10-1-3-12(4-2-10)20-6-5-19/h1-4,9,19H,5-6H2,(H,18,21). The molecule has 0 atom stereocenters. The van der Waals surface area contributed by atoms with Gasteiger partial charge in [-0.05, 0) is 17.7 Å². The highest BCUT2D eigenvalue weighted by molar-refractivity contribution is 7.80. The van der Waals surface area contributed by atoms with Gasteiger partial charge in [0, 0.05) is 11.8 Å². The Hall–Kier alpha value is -2.54. The highest BCUT2D eigenvalue weighted by Crippen LogP contribution is 2.31. The van der Waals surface area contributed by atoms with E-state index in [1.807, 2.05) is 12.1 Å². The van der Waals surface area contributed by atoms with E-state index in [4.69, 9.17) is 9.84 Å². The number of hydrogen-bond donors (Lipinski definition) is 2. The highest BCUT2D eigenvalue weighted by Gasteiger charge is 2.14. The highest BCUT2D eigenvalue weighted by atomic mass is 32.1. The summed E-state index contributed by atoms with van der Waals surface area (Å²) in [5.74, 6) is 0.602. The average molecular weight is 297 g/mol. The Balaban J connectivity index is 2.49. The second-order valence-electron chi connectivity index (χ2n) is 4.07. The van der Waals surface area contributed by atoms with Crippen molar-refractivity contribution in [1.29, 1.82) is 10.5 Å². The van der Waals surface area contributed by atoms with Crippen LogP contribution in [-0.4, -0.2) is 23.3 Å². The summed E-state index contributed by atoms with van der Waals surface area (Å²) in [6.07, 6.45) is 1.40. The molecule has 2 aromatic rings. The number of benzene rings is 1. The van der Waals surface area contributed by atoms with E-state index in [2.05, 4.69) is 17.6 Å². The van der Waals surface area contributed by atoms with Gasteiger partial charge in [0.1, 0.15) is 29.5 Å². The number of nitrogens with zero attached hydrogens (tertiary/aromatic N) is 3. The summed E-state index contributed by atoms with van der Waals surface area (Å²) in [6.45, 7) is 0.147. The number of thiol groups is 1. The Morgan fingerprint density at radius 2 is 1.90 bits per heavy atom. The molecule has 1 aromatic carbocycles. The van der Waals surface area contributed by atoms with Crippen molar-refractivity contribution in [3.63, 3.8) is 0 Å². The van der Waals surface area contributed by atoms with Crippen LogP contribution in [0.25, 0.3) is 11.1 Å². The molecule has 0 aliphatic rings. The number of ether oxygens (including phenoxy) is 1. The van der Waals surface area contributed by atoms with Gasteiger partial charge in [0.05, 0.1) is 17.7 Å². The fourth-order valence-electron chi connectivity index (χ4n) is 1.87. The van der Waals surface area contributed by atoms with E-state index in [-0.39, 0.29) is 23.8 Å². The van der Waals surface area contributed by atoms with Gasteiger partial charge < -0.3 is 9.84 Å². The van der Waals surface area contributed by atoms with Crippen LogP contribution in [0.1, 0.15) is 11.1 Å². The second-order valence-corrected chi connectivity index (χ2v) is 4.49. The van der Waals surface area contributed by atoms with Crippen molar-refractivity contribution in [2.45, 2.75) is 5.03 Å². The van der Waals surface area contributed by atoms with E-state index in [9.17, 15) is 10.5 Å². The minimum absolute atomic E-state index is 0.0632. The molecule has 0 saturated carbocycles. The monoisotopic (exact) mass is 297 g/mol. The van der Waals surface area contributed by atoms with Gasteiger partial charge >= 0.3 is 0 Å². The van der Waals surface area contributed by atoms with Gasteiger partial charge in [0.2, 0.25) is 0 Å². The Morgan fingerprint density at radius 1 is 1.19 bits per heavy atom. The smallest absolute Gasteiger partial charge is 0.119 e. The molecule has 0 bridgehead atoms. The molecular formula is C15H11N3O2S. The van der Waals surface area contributed by atoms with E-state index in [1.165, 1.54) is 6.20 Å². The third-order valence-corrected chi connectivity index (χ3v) is 3.13. The lowest BCUT2D eigenvalue weighted by molar-refractivity contribution is 0.201. The number of aromatic nitrogens is 1. The number of pyridine rings is 1. The van der Waals surface area contributed by atoms with Gasteiger partial charge in [-0.2, -0.15) is 10.5 Å². The first-order valence-electron chi connectivity index (χ1n) is 6.07. The molecule has 21 heavy (non-hydrogen) atoms. The molecule has 5 nitrogen and oxygen atoms in total. The van der Waals surface area contributed by atoms with Crippen molar-refractivity contribution < 1.29 is 9.84 Å². The third kappa shape index (κ3) is 3.14. The lowest BCUT2D eigenvalue weighted by Gasteiger charge is -2.09. The van der Waals surface area contributed by atoms with Crippen LogP contribution in [0.2, 0.25) is 0 Å². The van der Waals surface area contributed by atoms with Crippen LogP contribution in [0.5, 0.6) is 5.75 Å². The van der Waals surface area contributed by atoms with Crippen LogP contribution in [0, 0.1) is 22.7 Å². The molecular weight excluding hydrogens is 286 g/mol. The SMILES string of the molecule is N#Cc1cnc(S)c(C#N)c1-c1ccc(OCCO)cc1. The number of aliphatic hydroxyl groups excluding tert-OH is 1. The van der Waals surface area contributed by atoms with Crippen molar-refractivity contribution >= 4 is 12.6 Å². The minimum atomic E-state index is -0.0632. The molecule has 0 radical (unpaired) electrons. The number of nitriles is 2. The predicted molar refractivity (Wildman–Crippen MR) is 78.9 cm³/mol. The Morgan fingerprint density at radius 3 is 2.48 bits per heavy atom. The number of aliphatic hydroxyl groups is 1. The van der Waals surface area contributed by atoms with Crippen LogP contribution < -0.4 is 4.74 Å². The maximum Gasteiger partial charge on any atom is 0.119 e. The molecule has 0 spiro atoms. The van der Waals surface area contributed by atoms with Gasteiger partial charge in [0.15, 0.2) is 0 Å². The van der Waals surface area contributed by atoms with Crippen LogP contribution in [0.4, 0.5) is 0 Å². The molecule has 0 unspecified atom stereocenters. The fourth-order valence-corrected chi connectivity index (χ4v) is 2.09. The Labute approximate surface area is 127 Å². The maximum atomic E-state index is 9.25. The maximum absolute atomic E-state index is 9.25. The lowest BCUT2D eigenvalue weighted by atomic mass is 9.98.